The van der Waals surface area contributed by atoms with Gasteiger partial charge in [-0.15, -0.1) is 5.10 Å². The van der Waals surface area contributed by atoms with Crippen molar-refractivity contribution in [3.8, 4) is 5.75 Å². The number of nitrogens with zero attached hydrogens (tertiary/aromatic N) is 3. The molecule has 1 aliphatic heterocycles. The summed E-state index contributed by atoms with van der Waals surface area (Å²) in [5.74, 6) is 1.91. The number of benzene rings is 4. The fourth-order valence-electron chi connectivity index (χ4n) is 4.91. The van der Waals surface area contributed by atoms with E-state index in [9.17, 15) is 4.79 Å². The van der Waals surface area contributed by atoms with Crippen molar-refractivity contribution in [1.82, 2.24) is 14.8 Å². The van der Waals surface area contributed by atoms with Gasteiger partial charge in [-0.1, -0.05) is 103 Å². The van der Waals surface area contributed by atoms with E-state index in [-0.39, 0.29) is 5.91 Å². The molecule has 42 heavy (non-hydrogen) atoms. The van der Waals surface area contributed by atoms with Crippen LogP contribution in [0.4, 0.5) is 11.6 Å². The molecule has 1 aromatic heterocycles. The number of hydrogen-bond donors (Lipinski definition) is 2. The number of carbonyl (C=O) groups excluding carboxylic acids is 1. The van der Waals surface area contributed by atoms with E-state index in [0.717, 1.165) is 39.6 Å². The zero-order chi connectivity index (χ0) is 28.9. The molecule has 210 valence electrons. The Bertz CT molecular complexity index is 1720. The summed E-state index contributed by atoms with van der Waals surface area (Å²) in [5, 5.41) is 12.0. The summed E-state index contributed by atoms with van der Waals surface area (Å²) in [6.45, 7) is 4.37. The average Bonchev–Trinajstić information content (AvgIpc) is 3.43. The molecule has 1 amide bonds. The normalized spacial score (nSPS) is 14.2. The van der Waals surface area contributed by atoms with Crippen LogP contribution < -0.4 is 15.4 Å². The first-order valence-electron chi connectivity index (χ1n) is 13.8. The Morgan fingerprint density at radius 1 is 0.881 bits per heavy atom. The molecule has 0 bridgehead atoms. The maximum atomic E-state index is 13.9. The minimum Gasteiger partial charge on any atom is -0.489 e. The van der Waals surface area contributed by atoms with Crippen LogP contribution in [0.1, 0.15) is 35.2 Å². The molecule has 0 fully saturated rings. The number of allylic oxidation sites excluding steroid dienone is 1. The van der Waals surface area contributed by atoms with Crippen molar-refractivity contribution in [2.24, 2.45) is 0 Å². The van der Waals surface area contributed by atoms with E-state index >= 15 is 0 Å². The van der Waals surface area contributed by atoms with Gasteiger partial charge in [-0.05, 0) is 54.3 Å². The highest BCUT2D eigenvalue weighted by molar-refractivity contribution is 7.98. The fourth-order valence-corrected chi connectivity index (χ4v) is 5.69. The van der Waals surface area contributed by atoms with Crippen LogP contribution in [-0.4, -0.2) is 20.7 Å². The van der Waals surface area contributed by atoms with Crippen molar-refractivity contribution < 1.29 is 9.53 Å². The topological polar surface area (TPSA) is 81.1 Å². The van der Waals surface area contributed by atoms with Crippen LogP contribution >= 0.6 is 11.8 Å². The van der Waals surface area contributed by atoms with Gasteiger partial charge in [-0.2, -0.15) is 4.98 Å². The summed E-state index contributed by atoms with van der Waals surface area (Å²) in [5.41, 5.74) is 6.27. The second kappa shape index (κ2) is 12.4. The molecule has 8 heteroatoms. The van der Waals surface area contributed by atoms with E-state index in [1.807, 2.05) is 116 Å². The molecule has 4 aromatic carbocycles. The number of anilines is 2. The Morgan fingerprint density at radius 3 is 2.26 bits per heavy atom. The van der Waals surface area contributed by atoms with Crippen LogP contribution in [-0.2, 0) is 17.2 Å². The molecule has 0 radical (unpaired) electrons. The lowest BCUT2D eigenvalue weighted by atomic mass is 9.95. The third-order valence-electron chi connectivity index (χ3n) is 7.13. The van der Waals surface area contributed by atoms with Crippen molar-refractivity contribution in [2.75, 3.05) is 10.6 Å². The fraction of sp³-hybridized carbons (Fsp3) is 0.147. The number of fused-ring (bicyclic) bond motifs is 1. The first kappa shape index (κ1) is 27.4. The SMILES string of the molecule is CC1=C(C(=O)Nc2ccccc2C)C(c2ccc(OCc3ccccc3)cc2)n2nc(SCc3ccccc3)nc2N1. The predicted octanol–water partition coefficient (Wildman–Crippen LogP) is 7.39. The van der Waals surface area contributed by atoms with Gasteiger partial charge in [0, 0.05) is 17.1 Å². The van der Waals surface area contributed by atoms with E-state index in [1.165, 1.54) is 5.56 Å². The summed E-state index contributed by atoms with van der Waals surface area (Å²) >= 11 is 1.56. The summed E-state index contributed by atoms with van der Waals surface area (Å²) < 4.78 is 7.84. The second-order valence-electron chi connectivity index (χ2n) is 10.1. The predicted molar refractivity (Wildman–Crippen MR) is 168 cm³/mol. The molecular weight excluding hydrogens is 542 g/mol. The van der Waals surface area contributed by atoms with Gasteiger partial charge in [0.05, 0.1) is 5.57 Å². The lowest BCUT2D eigenvalue weighted by Gasteiger charge is -2.29. The quantitative estimate of drug-likeness (QED) is 0.179. The maximum Gasteiger partial charge on any atom is 0.255 e. The smallest absolute Gasteiger partial charge is 0.255 e. The molecule has 7 nitrogen and oxygen atoms in total. The highest BCUT2D eigenvalue weighted by Gasteiger charge is 2.34. The summed E-state index contributed by atoms with van der Waals surface area (Å²) in [6.07, 6.45) is 0. The van der Waals surface area contributed by atoms with Crippen LogP contribution in [0.2, 0.25) is 0 Å². The standard InChI is InChI=1S/C34H31N5O2S/c1-23-11-9-10-16-29(23)36-32(40)30-24(2)35-33-37-34(42-22-26-14-7-4-8-15-26)38-39(33)31(30)27-17-19-28(20-18-27)41-21-25-12-5-3-6-13-25/h3-20,31H,21-22H2,1-2H3,(H,36,40)(H,35,37,38). The number of carbonyl (C=O) groups is 1. The molecule has 0 saturated carbocycles. The number of ether oxygens (including phenoxy) is 1. The van der Waals surface area contributed by atoms with Crippen LogP contribution in [0.15, 0.2) is 126 Å². The molecular formula is C34H31N5O2S. The summed E-state index contributed by atoms with van der Waals surface area (Å²) in [7, 11) is 0. The highest BCUT2D eigenvalue weighted by Crippen LogP contribution is 2.37. The maximum absolute atomic E-state index is 13.9. The van der Waals surface area contributed by atoms with Gasteiger partial charge in [0.2, 0.25) is 11.1 Å². The van der Waals surface area contributed by atoms with Gasteiger partial charge in [0.15, 0.2) is 0 Å². The molecule has 5 aromatic rings. The number of rotatable bonds is 9. The Labute approximate surface area is 249 Å². The van der Waals surface area contributed by atoms with E-state index in [2.05, 4.69) is 22.8 Å². The highest BCUT2D eigenvalue weighted by atomic mass is 32.2. The molecule has 1 atom stereocenters. The van der Waals surface area contributed by atoms with Crippen molar-refractivity contribution in [1.29, 1.82) is 0 Å². The number of para-hydroxylation sites is 1. The van der Waals surface area contributed by atoms with Crippen molar-refractivity contribution in [3.05, 3.63) is 143 Å². The molecule has 2 heterocycles. The van der Waals surface area contributed by atoms with Crippen molar-refractivity contribution in [2.45, 2.75) is 37.4 Å². The third-order valence-corrected chi connectivity index (χ3v) is 8.03. The van der Waals surface area contributed by atoms with E-state index in [0.29, 0.717) is 23.3 Å². The first-order chi connectivity index (χ1) is 20.5. The molecule has 0 spiro atoms. The molecule has 1 unspecified atom stereocenters. The van der Waals surface area contributed by atoms with Gasteiger partial charge in [0.25, 0.3) is 5.91 Å². The third kappa shape index (κ3) is 6.09. The number of hydrogen-bond acceptors (Lipinski definition) is 6. The second-order valence-corrected chi connectivity index (χ2v) is 11.1. The van der Waals surface area contributed by atoms with Gasteiger partial charge in [-0.3, -0.25) is 4.79 Å². The van der Waals surface area contributed by atoms with E-state index < -0.39 is 6.04 Å². The Hall–Kier alpha value is -4.82. The van der Waals surface area contributed by atoms with Gasteiger partial charge in [0.1, 0.15) is 18.4 Å². The van der Waals surface area contributed by atoms with Gasteiger partial charge >= 0.3 is 0 Å². The molecule has 0 saturated heterocycles. The van der Waals surface area contributed by atoms with Crippen LogP contribution in [0.5, 0.6) is 5.75 Å². The monoisotopic (exact) mass is 573 g/mol. The van der Waals surface area contributed by atoms with Crippen LogP contribution in [0.25, 0.3) is 0 Å². The lowest BCUT2D eigenvalue weighted by Crippen LogP contribution is -2.31. The largest absolute Gasteiger partial charge is 0.489 e. The summed E-state index contributed by atoms with van der Waals surface area (Å²) in [6, 6.07) is 35.4. The van der Waals surface area contributed by atoms with Gasteiger partial charge in [-0.25, -0.2) is 4.68 Å². The van der Waals surface area contributed by atoms with E-state index in [1.54, 1.807) is 11.8 Å². The Balaban J connectivity index is 1.30. The van der Waals surface area contributed by atoms with Crippen molar-refractivity contribution >= 4 is 29.3 Å². The summed E-state index contributed by atoms with van der Waals surface area (Å²) in [4.78, 5) is 18.6. The molecule has 1 aliphatic rings. The van der Waals surface area contributed by atoms with Crippen molar-refractivity contribution in [3.63, 3.8) is 0 Å². The van der Waals surface area contributed by atoms with Crippen LogP contribution in [0.3, 0.4) is 0 Å². The van der Waals surface area contributed by atoms with Crippen LogP contribution in [0, 0.1) is 6.92 Å². The Kier molecular flexibility index (Phi) is 8.05. The number of thioether (sulfide) groups is 1. The number of amides is 1. The molecule has 2 N–H and O–H groups in total. The molecule has 0 aliphatic carbocycles. The number of aryl methyl sites for hydroxylation is 1. The number of nitrogens with one attached hydrogen (secondary N) is 2. The Morgan fingerprint density at radius 2 is 1.55 bits per heavy atom. The number of aromatic nitrogens is 3. The average molecular weight is 574 g/mol. The van der Waals surface area contributed by atoms with Gasteiger partial charge < -0.3 is 15.4 Å². The molecule has 6 rings (SSSR count). The van der Waals surface area contributed by atoms with E-state index in [4.69, 9.17) is 14.8 Å². The lowest BCUT2D eigenvalue weighted by molar-refractivity contribution is -0.113. The first-order valence-corrected chi connectivity index (χ1v) is 14.8. The zero-order valence-corrected chi connectivity index (χ0v) is 24.3. The minimum absolute atomic E-state index is 0.191. The zero-order valence-electron chi connectivity index (χ0n) is 23.5. The minimum atomic E-state index is -0.480.